The number of rotatable bonds is 4. The van der Waals surface area contributed by atoms with Gasteiger partial charge in [0.15, 0.2) is 17.3 Å². The van der Waals surface area contributed by atoms with Gasteiger partial charge < -0.3 is 19.9 Å². The number of esters is 1. The molecule has 1 aromatic rings. The Labute approximate surface area is 181 Å². The van der Waals surface area contributed by atoms with Crippen LogP contribution in [0.3, 0.4) is 0 Å². The quantitative estimate of drug-likeness (QED) is 0.674. The van der Waals surface area contributed by atoms with Crippen LogP contribution in [0, 0.1) is 5.41 Å². The lowest BCUT2D eigenvalue weighted by Crippen LogP contribution is -2.39. The minimum atomic E-state index is -0.664. The molecule has 0 unspecified atom stereocenters. The normalized spacial score (nSPS) is 20.8. The molecule has 0 fully saturated rings. The number of Topliss-reactive ketones (excluding diaryl/α,β-unsaturated/α-hetero) is 1. The Balaban J connectivity index is 2.24. The molecule has 7 heteroatoms. The fraction of sp³-hybridized carbons (Fsp3) is 0.478. The molecule has 6 nitrogen and oxygen atoms in total. The average Bonchev–Trinajstić information content (AvgIpc) is 2.60. The minimum absolute atomic E-state index is 0.0238. The second kappa shape index (κ2) is 7.99. The van der Waals surface area contributed by atoms with Gasteiger partial charge in [0, 0.05) is 29.3 Å². The maximum Gasteiger partial charge on any atom is 0.337 e. The van der Waals surface area contributed by atoms with E-state index in [1.807, 2.05) is 13.8 Å². The number of nitrogens with one attached hydrogen (secondary N) is 1. The van der Waals surface area contributed by atoms with Crippen LogP contribution in [0.25, 0.3) is 0 Å². The zero-order valence-corrected chi connectivity index (χ0v) is 18.9. The number of hydrogen-bond acceptors (Lipinski definition) is 6. The zero-order valence-electron chi connectivity index (χ0n) is 18.2. The SMILES string of the molecule is COc1cc([C@@H]2C(C(=O)OC(C)C)=C(C)NC3=C2C(=O)CC(C)(C)C3)cc(Cl)c1O. The number of phenols is 1. The van der Waals surface area contributed by atoms with Crippen molar-refractivity contribution in [3.8, 4) is 11.5 Å². The van der Waals surface area contributed by atoms with Gasteiger partial charge in [-0.1, -0.05) is 25.4 Å². The number of hydrogen-bond donors (Lipinski definition) is 2. The van der Waals surface area contributed by atoms with E-state index in [0.717, 1.165) is 5.70 Å². The number of ether oxygens (including phenoxy) is 2. The lowest BCUT2D eigenvalue weighted by molar-refractivity contribution is -0.143. The lowest BCUT2D eigenvalue weighted by atomic mass is 9.68. The van der Waals surface area contributed by atoms with Gasteiger partial charge in [0.1, 0.15) is 0 Å². The van der Waals surface area contributed by atoms with Crippen molar-refractivity contribution in [1.29, 1.82) is 0 Å². The first-order chi connectivity index (χ1) is 13.9. The summed E-state index contributed by atoms with van der Waals surface area (Å²) < 4.78 is 10.8. The molecule has 1 atom stereocenters. The summed E-state index contributed by atoms with van der Waals surface area (Å²) in [5.41, 5.74) is 2.75. The van der Waals surface area contributed by atoms with E-state index < -0.39 is 11.9 Å². The van der Waals surface area contributed by atoms with Crippen LogP contribution in [0.5, 0.6) is 11.5 Å². The number of ketones is 1. The molecule has 0 bridgehead atoms. The van der Waals surface area contributed by atoms with E-state index in [1.165, 1.54) is 7.11 Å². The van der Waals surface area contributed by atoms with Crippen molar-refractivity contribution in [3.63, 3.8) is 0 Å². The smallest absolute Gasteiger partial charge is 0.337 e. The van der Waals surface area contributed by atoms with E-state index in [0.29, 0.717) is 35.2 Å². The molecular formula is C23H28ClNO5. The van der Waals surface area contributed by atoms with Crippen molar-refractivity contribution in [1.82, 2.24) is 5.32 Å². The van der Waals surface area contributed by atoms with Crippen molar-refractivity contribution in [3.05, 3.63) is 45.3 Å². The molecule has 0 amide bonds. The Hall–Kier alpha value is -2.47. The Bertz CT molecular complexity index is 974. The number of allylic oxidation sites excluding steroid dienone is 3. The van der Waals surface area contributed by atoms with Crippen LogP contribution in [0.1, 0.15) is 58.9 Å². The Morgan fingerprint density at radius 2 is 1.97 bits per heavy atom. The Morgan fingerprint density at radius 3 is 2.57 bits per heavy atom. The van der Waals surface area contributed by atoms with Crippen LogP contribution in [-0.4, -0.2) is 30.1 Å². The molecule has 3 rings (SSSR count). The monoisotopic (exact) mass is 433 g/mol. The van der Waals surface area contributed by atoms with Crippen LogP contribution in [0.2, 0.25) is 5.02 Å². The maximum atomic E-state index is 13.2. The second-order valence-electron chi connectivity index (χ2n) is 8.94. The third kappa shape index (κ3) is 4.06. The molecular weight excluding hydrogens is 406 g/mol. The number of carbonyl (C=O) groups excluding carboxylic acids is 2. The van der Waals surface area contributed by atoms with E-state index in [9.17, 15) is 14.7 Å². The predicted molar refractivity (Wildman–Crippen MR) is 115 cm³/mol. The number of halogens is 1. The molecule has 30 heavy (non-hydrogen) atoms. The van der Waals surface area contributed by atoms with Crippen LogP contribution >= 0.6 is 11.6 Å². The molecule has 0 aromatic heterocycles. The van der Waals surface area contributed by atoms with Crippen molar-refractivity contribution in [2.45, 2.75) is 59.5 Å². The summed E-state index contributed by atoms with van der Waals surface area (Å²) in [7, 11) is 1.42. The van der Waals surface area contributed by atoms with Crippen LogP contribution in [-0.2, 0) is 14.3 Å². The van der Waals surface area contributed by atoms with Crippen LogP contribution < -0.4 is 10.1 Å². The molecule has 0 spiro atoms. The first kappa shape index (κ1) is 22.2. The summed E-state index contributed by atoms with van der Waals surface area (Å²) in [6.45, 7) is 9.46. The number of aromatic hydroxyl groups is 1. The van der Waals surface area contributed by atoms with E-state index in [4.69, 9.17) is 21.1 Å². The Kier molecular flexibility index (Phi) is 5.92. The Morgan fingerprint density at radius 1 is 1.30 bits per heavy atom. The summed E-state index contributed by atoms with van der Waals surface area (Å²) in [4.78, 5) is 26.3. The highest BCUT2D eigenvalue weighted by Crippen LogP contribution is 2.49. The van der Waals surface area contributed by atoms with Gasteiger partial charge in [-0.3, -0.25) is 4.79 Å². The first-order valence-corrected chi connectivity index (χ1v) is 10.3. The number of benzene rings is 1. The van der Waals surface area contributed by atoms with E-state index in [1.54, 1.807) is 32.9 Å². The van der Waals surface area contributed by atoms with Gasteiger partial charge in [0.2, 0.25) is 0 Å². The fourth-order valence-corrected chi connectivity index (χ4v) is 4.45. The van der Waals surface area contributed by atoms with Crippen molar-refractivity contribution in [2.75, 3.05) is 7.11 Å². The topological polar surface area (TPSA) is 84.9 Å². The summed E-state index contributed by atoms with van der Waals surface area (Å²) in [6, 6.07) is 3.19. The van der Waals surface area contributed by atoms with Crippen molar-refractivity contribution < 1.29 is 24.2 Å². The molecule has 1 aliphatic heterocycles. The van der Waals surface area contributed by atoms with E-state index in [2.05, 4.69) is 5.32 Å². The van der Waals surface area contributed by atoms with Gasteiger partial charge in [0.05, 0.1) is 23.8 Å². The van der Waals surface area contributed by atoms with Gasteiger partial charge in [0.25, 0.3) is 0 Å². The summed E-state index contributed by atoms with van der Waals surface area (Å²) in [5.74, 6) is -1.19. The molecule has 2 aliphatic rings. The second-order valence-corrected chi connectivity index (χ2v) is 9.34. The van der Waals surface area contributed by atoms with Gasteiger partial charge in [-0.2, -0.15) is 0 Å². The van der Waals surface area contributed by atoms with Gasteiger partial charge in [-0.05, 0) is 50.3 Å². The van der Waals surface area contributed by atoms with Gasteiger partial charge in [-0.25, -0.2) is 4.79 Å². The molecule has 2 N–H and O–H groups in total. The molecule has 0 saturated heterocycles. The molecule has 1 heterocycles. The standard InChI is InChI=1S/C23H28ClNO5/c1-11(2)30-22(28)18-12(3)25-15-9-23(4,5)10-16(26)20(15)19(18)13-7-14(24)21(27)17(8-13)29-6/h7-8,11,19,25,27H,9-10H2,1-6H3/t19-/m1/s1. The number of carbonyl (C=O) groups is 2. The van der Waals surface area contributed by atoms with E-state index >= 15 is 0 Å². The fourth-order valence-electron chi connectivity index (χ4n) is 4.23. The molecule has 1 aliphatic carbocycles. The predicted octanol–water partition coefficient (Wildman–Crippen LogP) is 4.61. The van der Waals surface area contributed by atoms with Crippen molar-refractivity contribution in [2.24, 2.45) is 5.41 Å². The molecule has 1 aromatic carbocycles. The van der Waals surface area contributed by atoms with E-state index in [-0.39, 0.29) is 33.8 Å². The average molecular weight is 434 g/mol. The third-order valence-corrected chi connectivity index (χ3v) is 5.69. The highest BCUT2D eigenvalue weighted by molar-refractivity contribution is 6.32. The zero-order chi connectivity index (χ0) is 22.4. The van der Waals surface area contributed by atoms with Crippen molar-refractivity contribution >= 4 is 23.4 Å². The molecule has 162 valence electrons. The van der Waals surface area contributed by atoms with Crippen LogP contribution in [0.15, 0.2) is 34.7 Å². The number of dihydropyridines is 1. The van der Waals surface area contributed by atoms with Gasteiger partial charge >= 0.3 is 5.97 Å². The number of phenolic OH excluding ortho intramolecular Hbond substituents is 1. The number of methoxy groups -OCH3 is 1. The highest BCUT2D eigenvalue weighted by atomic mass is 35.5. The third-order valence-electron chi connectivity index (χ3n) is 5.41. The van der Waals surface area contributed by atoms with Gasteiger partial charge in [-0.15, -0.1) is 0 Å². The summed E-state index contributed by atoms with van der Waals surface area (Å²) in [6.07, 6.45) is 0.739. The highest BCUT2D eigenvalue weighted by Gasteiger charge is 2.43. The summed E-state index contributed by atoms with van der Waals surface area (Å²) in [5, 5.41) is 13.5. The maximum absolute atomic E-state index is 13.2. The minimum Gasteiger partial charge on any atom is -0.503 e. The largest absolute Gasteiger partial charge is 0.503 e. The first-order valence-electron chi connectivity index (χ1n) is 9.96. The van der Waals surface area contributed by atoms with Crippen LogP contribution in [0.4, 0.5) is 0 Å². The summed E-state index contributed by atoms with van der Waals surface area (Å²) >= 11 is 6.24. The molecule has 0 saturated carbocycles. The molecule has 0 radical (unpaired) electrons. The lowest BCUT2D eigenvalue weighted by Gasteiger charge is -2.39.